The molecule has 0 aliphatic carbocycles. The average Bonchev–Trinajstić information content (AvgIpc) is 2.71. The van der Waals surface area contributed by atoms with Crippen LogP contribution in [0.1, 0.15) is 19.3 Å². The summed E-state index contributed by atoms with van der Waals surface area (Å²) in [5.74, 6) is 0.756. The summed E-state index contributed by atoms with van der Waals surface area (Å²) < 4.78 is 0. The summed E-state index contributed by atoms with van der Waals surface area (Å²) in [7, 11) is 0. The van der Waals surface area contributed by atoms with Crippen LogP contribution in [0.4, 0.5) is 5.13 Å². The molecule has 0 saturated carbocycles. The molecule has 0 aromatic carbocycles. The van der Waals surface area contributed by atoms with Crippen LogP contribution in [0.15, 0.2) is 11.6 Å². The van der Waals surface area contributed by atoms with Crippen LogP contribution in [0.25, 0.3) is 0 Å². The Morgan fingerprint density at radius 3 is 3.31 bits per heavy atom. The molecule has 2 rings (SSSR count). The minimum absolute atomic E-state index is 0.628. The molecule has 0 amide bonds. The molecule has 2 nitrogen and oxygen atoms in total. The van der Waals surface area contributed by atoms with Crippen molar-refractivity contribution in [1.29, 1.82) is 0 Å². The summed E-state index contributed by atoms with van der Waals surface area (Å²) >= 11 is 7.49. The van der Waals surface area contributed by atoms with Gasteiger partial charge in [-0.25, -0.2) is 4.98 Å². The number of nitrogens with zero attached hydrogens (tertiary/aromatic N) is 2. The fraction of sp³-hybridized carbons (Fsp3) is 0.667. The second-order valence-corrected chi connectivity index (χ2v) is 4.53. The van der Waals surface area contributed by atoms with E-state index in [1.54, 1.807) is 11.3 Å². The van der Waals surface area contributed by atoms with Gasteiger partial charge in [-0.3, -0.25) is 0 Å². The Balaban J connectivity index is 2.05. The van der Waals surface area contributed by atoms with E-state index in [2.05, 4.69) is 9.88 Å². The summed E-state index contributed by atoms with van der Waals surface area (Å²) in [6.07, 6.45) is 5.50. The van der Waals surface area contributed by atoms with Crippen LogP contribution in [0, 0.1) is 0 Å². The number of thiazole rings is 1. The van der Waals surface area contributed by atoms with Gasteiger partial charge in [0.15, 0.2) is 5.13 Å². The van der Waals surface area contributed by atoms with E-state index in [1.807, 2.05) is 11.6 Å². The molecule has 2 heterocycles. The van der Waals surface area contributed by atoms with Gasteiger partial charge in [-0.1, -0.05) is 0 Å². The molecule has 1 atom stereocenters. The summed E-state index contributed by atoms with van der Waals surface area (Å²) in [5, 5.41) is 3.19. The fourth-order valence-corrected chi connectivity index (χ4v) is 2.86. The van der Waals surface area contributed by atoms with Crippen molar-refractivity contribution >= 4 is 28.1 Å². The summed E-state index contributed by atoms with van der Waals surface area (Å²) in [5.41, 5.74) is 0. The monoisotopic (exact) mass is 216 g/mol. The zero-order chi connectivity index (χ0) is 9.10. The van der Waals surface area contributed by atoms with Gasteiger partial charge in [0.25, 0.3) is 0 Å². The lowest BCUT2D eigenvalue weighted by atomic mass is 10.2. The van der Waals surface area contributed by atoms with Gasteiger partial charge in [-0.2, -0.15) is 0 Å². The molecule has 13 heavy (non-hydrogen) atoms. The van der Waals surface area contributed by atoms with Gasteiger partial charge >= 0.3 is 0 Å². The Bertz CT molecular complexity index is 250. The molecule has 4 heteroatoms. The number of hydrogen-bond donors (Lipinski definition) is 0. The highest BCUT2D eigenvalue weighted by molar-refractivity contribution is 7.13. The molecule has 1 unspecified atom stereocenters. The molecule has 1 aliphatic rings. The van der Waals surface area contributed by atoms with Crippen LogP contribution in [0.3, 0.4) is 0 Å². The van der Waals surface area contributed by atoms with Crippen molar-refractivity contribution in [1.82, 2.24) is 4.98 Å². The van der Waals surface area contributed by atoms with Gasteiger partial charge in [-0.05, 0) is 19.3 Å². The Kier molecular flexibility index (Phi) is 3.06. The highest BCUT2D eigenvalue weighted by atomic mass is 35.5. The Hall–Kier alpha value is -0.280. The lowest BCUT2D eigenvalue weighted by Crippen LogP contribution is -2.29. The number of halogens is 1. The van der Waals surface area contributed by atoms with Crippen molar-refractivity contribution < 1.29 is 0 Å². The number of anilines is 1. The van der Waals surface area contributed by atoms with Gasteiger partial charge in [0.1, 0.15) is 0 Å². The zero-order valence-electron chi connectivity index (χ0n) is 7.45. The highest BCUT2D eigenvalue weighted by Crippen LogP contribution is 2.28. The first-order chi connectivity index (χ1) is 6.42. The summed E-state index contributed by atoms with van der Waals surface area (Å²) in [6.45, 7) is 1.15. The van der Waals surface area contributed by atoms with Gasteiger partial charge in [0, 0.05) is 30.0 Å². The van der Waals surface area contributed by atoms with Gasteiger partial charge in [0.2, 0.25) is 0 Å². The van der Waals surface area contributed by atoms with Crippen molar-refractivity contribution in [3.63, 3.8) is 0 Å². The Morgan fingerprint density at radius 1 is 1.69 bits per heavy atom. The van der Waals surface area contributed by atoms with Crippen LogP contribution in [-0.4, -0.2) is 23.5 Å². The number of rotatable bonds is 3. The number of aromatic nitrogens is 1. The van der Waals surface area contributed by atoms with E-state index in [1.165, 1.54) is 12.8 Å². The third kappa shape index (κ3) is 1.97. The Labute approximate surface area is 87.5 Å². The van der Waals surface area contributed by atoms with Crippen LogP contribution in [-0.2, 0) is 0 Å². The lowest BCUT2D eigenvalue weighted by Gasteiger charge is -2.22. The third-order valence-corrected chi connectivity index (χ3v) is 3.51. The minimum Gasteiger partial charge on any atom is -0.345 e. The zero-order valence-corrected chi connectivity index (χ0v) is 9.02. The van der Waals surface area contributed by atoms with Gasteiger partial charge in [-0.15, -0.1) is 22.9 Å². The first kappa shape index (κ1) is 9.28. The molecule has 0 spiro atoms. The summed E-state index contributed by atoms with van der Waals surface area (Å²) in [4.78, 5) is 6.73. The normalized spacial score (nSPS) is 22.5. The van der Waals surface area contributed by atoms with E-state index in [0.29, 0.717) is 6.04 Å². The van der Waals surface area contributed by atoms with E-state index < -0.39 is 0 Å². The molecule has 1 aliphatic heterocycles. The van der Waals surface area contributed by atoms with Crippen molar-refractivity contribution in [3.8, 4) is 0 Å². The Morgan fingerprint density at radius 2 is 2.62 bits per heavy atom. The van der Waals surface area contributed by atoms with Crippen molar-refractivity contribution in [2.75, 3.05) is 17.3 Å². The van der Waals surface area contributed by atoms with Crippen LogP contribution in [0.2, 0.25) is 0 Å². The topological polar surface area (TPSA) is 16.1 Å². The van der Waals surface area contributed by atoms with Crippen LogP contribution < -0.4 is 4.90 Å². The van der Waals surface area contributed by atoms with E-state index >= 15 is 0 Å². The standard InChI is InChI=1S/C9H13ClN2S/c10-4-3-8-2-1-6-12(8)9-11-5-7-13-9/h5,7-8H,1-4,6H2. The molecule has 1 aromatic rings. The lowest BCUT2D eigenvalue weighted by molar-refractivity contribution is 0.648. The second-order valence-electron chi connectivity index (χ2n) is 3.28. The molecule has 1 fully saturated rings. The van der Waals surface area contributed by atoms with E-state index in [4.69, 9.17) is 11.6 Å². The predicted molar refractivity (Wildman–Crippen MR) is 57.8 cm³/mol. The predicted octanol–water partition coefficient (Wildman–Crippen LogP) is 2.74. The SMILES string of the molecule is ClCCC1CCCN1c1nccs1. The van der Waals surface area contributed by atoms with Crippen molar-refractivity contribution in [3.05, 3.63) is 11.6 Å². The number of alkyl halides is 1. The minimum atomic E-state index is 0.628. The number of hydrogen-bond acceptors (Lipinski definition) is 3. The van der Waals surface area contributed by atoms with Gasteiger partial charge in [0.05, 0.1) is 0 Å². The molecular weight excluding hydrogens is 204 g/mol. The highest BCUT2D eigenvalue weighted by Gasteiger charge is 2.25. The van der Waals surface area contributed by atoms with Gasteiger partial charge < -0.3 is 4.90 Å². The van der Waals surface area contributed by atoms with E-state index in [9.17, 15) is 0 Å². The maximum absolute atomic E-state index is 5.76. The third-order valence-electron chi connectivity index (χ3n) is 2.48. The molecule has 0 N–H and O–H groups in total. The average molecular weight is 217 g/mol. The summed E-state index contributed by atoms with van der Waals surface area (Å²) in [6, 6.07) is 0.628. The van der Waals surface area contributed by atoms with E-state index in [0.717, 1.165) is 24.0 Å². The maximum Gasteiger partial charge on any atom is 0.185 e. The smallest absolute Gasteiger partial charge is 0.185 e. The van der Waals surface area contributed by atoms with Crippen LogP contribution >= 0.6 is 22.9 Å². The fourth-order valence-electron chi connectivity index (χ4n) is 1.87. The molecule has 0 bridgehead atoms. The van der Waals surface area contributed by atoms with Crippen molar-refractivity contribution in [2.24, 2.45) is 0 Å². The molecule has 0 radical (unpaired) electrons. The second kappa shape index (κ2) is 4.29. The maximum atomic E-state index is 5.76. The van der Waals surface area contributed by atoms with Crippen molar-refractivity contribution in [2.45, 2.75) is 25.3 Å². The molecule has 1 aromatic heterocycles. The first-order valence-electron chi connectivity index (χ1n) is 4.64. The quantitative estimate of drug-likeness (QED) is 0.723. The molecule has 72 valence electrons. The van der Waals surface area contributed by atoms with Crippen LogP contribution in [0.5, 0.6) is 0 Å². The molecule has 1 saturated heterocycles. The largest absolute Gasteiger partial charge is 0.345 e. The first-order valence-corrected chi connectivity index (χ1v) is 6.05. The van der Waals surface area contributed by atoms with E-state index in [-0.39, 0.29) is 0 Å². The molecular formula is C9H13ClN2S.